The lowest BCUT2D eigenvalue weighted by Gasteiger charge is -2.41. The Morgan fingerprint density at radius 1 is 1.17 bits per heavy atom. The van der Waals surface area contributed by atoms with E-state index in [0.29, 0.717) is 18.6 Å². The first-order chi connectivity index (χ1) is 11.5. The molecule has 0 unspecified atom stereocenters. The summed E-state index contributed by atoms with van der Waals surface area (Å²) in [7, 11) is -1.05. The number of ether oxygens (including phenoxy) is 3. The third-order valence-corrected chi connectivity index (χ3v) is 6.74. The van der Waals surface area contributed by atoms with Crippen molar-refractivity contribution in [1.29, 1.82) is 0 Å². The number of carbonyl (C=O) groups excluding carboxylic acids is 1. The molecule has 1 aliphatic heterocycles. The molecule has 0 N–H and O–H groups in total. The first kappa shape index (κ1) is 17.0. The van der Waals surface area contributed by atoms with Crippen LogP contribution in [-0.2, 0) is 19.6 Å². The number of morpholine rings is 1. The van der Waals surface area contributed by atoms with Gasteiger partial charge in [0.1, 0.15) is 28.5 Å². The molecule has 1 spiro atoms. The number of esters is 1. The molecule has 1 aromatic carbocycles. The average Bonchev–Trinajstić information content (AvgIpc) is 3.07. The van der Waals surface area contributed by atoms with Gasteiger partial charge < -0.3 is 14.2 Å². The van der Waals surface area contributed by atoms with Gasteiger partial charge in [-0.05, 0) is 25.0 Å². The number of nitrogens with zero attached hydrogens (tertiary/aromatic N) is 1. The summed E-state index contributed by atoms with van der Waals surface area (Å²) in [6, 6.07) is 4.61. The summed E-state index contributed by atoms with van der Waals surface area (Å²) in [5.41, 5.74) is -1.09. The SMILES string of the molecule is COc1ccc(OC)c(S(=O)(=O)N2CCOC(=O)C23CCCC3)c1. The van der Waals surface area contributed by atoms with Gasteiger partial charge in [-0.3, -0.25) is 4.79 Å². The molecular weight excluding hydrogens is 334 g/mol. The Morgan fingerprint density at radius 3 is 2.50 bits per heavy atom. The third-order valence-electron chi connectivity index (χ3n) is 4.75. The number of cyclic esters (lactones) is 1. The van der Waals surface area contributed by atoms with Gasteiger partial charge in [-0.15, -0.1) is 0 Å². The summed E-state index contributed by atoms with van der Waals surface area (Å²) in [5, 5.41) is 0. The van der Waals surface area contributed by atoms with E-state index in [0.717, 1.165) is 12.8 Å². The zero-order valence-corrected chi connectivity index (χ0v) is 14.6. The summed E-state index contributed by atoms with van der Waals surface area (Å²) in [6.07, 6.45) is 2.57. The molecule has 0 atom stereocenters. The molecule has 1 heterocycles. The van der Waals surface area contributed by atoms with Crippen molar-refractivity contribution in [1.82, 2.24) is 4.31 Å². The molecule has 0 aromatic heterocycles. The second kappa shape index (κ2) is 6.25. The van der Waals surface area contributed by atoms with E-state index >= 15 is 0 Å². The van der Waals surface area contributed by atoms with Crippen LogP contribution in [0.1, 0.15) is 25.7 Å². The van der Waals surface area contributed by atoms with Gasteiger partial charge in [0.15, 0.2) is 0 Å². The van der Waals surface area contributed by atoms with E-state index in [9.17, 15) is 13.2 Å². The summed E-state index contributed by atoms with van der Waals surface area (Å²) in [6.45, 7) is 0.209. The highest BCUT2D eigenvalue weighted by Gasteiger charge is 2.55. The fraction of sp³-hybridized carbons (Fsp3) is 0.562. The van der Waals surface area contributed by atoms with Crippen LogP contribution in [0.25, 0.3) is 0 Å². The number of benzene rings is 1. The van der Waals surface area contributed by atoms with Gasteiger partial charge >= 0.3 is 5.97 Å². The van der Waals surface area contributed by atoms with Crippen molar-refractivity contribution >= 4 is 16.0 Å². The fourth-order valence-electron chi connectivity index (χ4n) is 3.54. The topological polar surface area (TPSA) is 82.1 Å². The first-order valence-corrected chi connectivity index (χ1v) is 9.32. The van der Waals surface area contributed by atoms with Gasteiger partial charge in [-0.25, -0.2) is 8.42 Å². The predicted octanol–water partition coefficient (Wildman–Crippen LogP) is 1.56. The zero-order chi connectivity index (χ0) is 17.4. The third kappa shape index (κ3) is 2.53. The second-order valence-electron chi connectivity index (χ2n) is 5.97. The predicted molar refractivity (Wildman–Crippen MR) is 85.6 cm³/mol. The number of carbonyl (C=O) groups is 1. The smallest absolute Gasteiger partial charge is 0.327 e. The molecule has 7 nitrogen and oxygen atoms in total. The number of hydrogen-bond acceptors (Lipinski definition) is 6. The van der Waals surface area contributed by atoms with E-state index in [2.05, 4.69) is 0 Å². The summed E-state index contributed by atoms with van der Waals surface area (Å²) in [5.74, 6) is 0.189. The highest BCUT2D eigenvalue weighted by molar-refractivity contribution is 7.89. The van der Waals surface area contributed by atoms with Crippen molar-refractivity contribution in [3.63, 3.8) is 0 Å². The van der Waals surface area contributed by atoms with Crippen LogP contribution in [0.3, 0.4) is 0 Å². The number of rotatable bonds is 4. The molecule has 1 saturated heterocycles. The highest BCUT2D eigenvalue weighted by atomic mass is 32.2. The normalized spacial score (nSPS) is 20.8. The zero-order valence-electron chi connectivity index (χ0n) is 13.8. The van der Waals surface area contributed by atoms with Crippen molar-refractivity contribution < 1.29 is 27.4 Å². The number of sulfonamides is 1. The van der Waals surface area contributed by atoms with Crippen molar-refractivity contribution in [2.45, 2.75) is 36.1 Å². The Balaban J connectivity index is 2.11. The van der Waals surface area contributed by atoms with Crippen LogP contribution < -0.4 is 9.47 Å². The molecule has 3 rings (SSSR count). The maximum Gasteiger partial charge on any atom is 0.327 e. The molecule has 0 radical (unpaired) electrons. The van der Waals surface area contributed by atoms with Crippen LogP contribution in [0.2, 0.25) is 0 Å². The van der Waals surface area contributed by atoms with Crippen molar-refractivity contribution in [2.75, 3.05) is 27.4 Å². The van der Waals surface area contributed by atoms with Crippen LogP contribution in [0.5, 0.6) is 11.5 Å². The lowest BCUT2D eigenvalue weighted by molar-refractivity contribution is -0.162. The summed E-state index contributed by atoms with van der Waals surface area (Å²) in [4.78, 5) is 12.4. The maximum atomic E-state index is 13.3. The minimum atomic E-state index is -3.93. The van der Waals surface area contributed by atoms with Crippen LogP contribution in [0.4, 0.5) is 0 Å². The molecule has 0 amide bonds. The van der Waals surface area contributed by atoms with Gasteiger partial charge in [0.2, 0.25) is 10.0 Å². The molecule has 2 aliphatic rings. The van der Waals surface area contributed by atoms with Crippen molar-refractivity contribution in [2.24, 2.45) is 0 Å². The summed E-state index contributed by atoms with van der Waals surface area (Å²) < 4.78 is 43.5. The molecule has 132 valence electrons. The first-order valence-electron chi connectivity index (χ1n) is 7.88. The second-order valence-corrected chi connectivity index (χ2v) is 7.80. The number of methoxy groups -OCH3 is 2. The lowest BCUT2D eigenvalue weighted by atomic mass is 9.97. The molecule has 1 aliphatic carbocycles. The minimum Gasteiger partial charge on any atom is -0.497 e. The molecule has 2 fully saturated rings. The Morgan fingerprint density at radius 2 is 1.88 bits per heavy atom. The summed E-state index contributed by atoms with van der Waals surface area (Å²) >= 11 is 0. The van der Waals surface area contributed by atoms with Crippen molar-refractivity contribution in [3.05, 3.63) is 18.2 Å². The van der Waals surface area contributed by atoms with E-state index in [1.165, 1.54) is 24.6 Å². The van der Waals surface area contributed by atoms with Gasteiger partial charge in [0.05, 0.1) is 14.2 Å². The standard InChI is InChI=1S/C16H21NO6S/c1-21-12-5-6-13(22-2)14(11-12)24(19,20)17-9-10-23-15(18)16(17)7-3-4-8-16/h5-6,11H,3-4,7-10H2,1-2H3. The van der Waals surface area contributed by atoms with Gasteiger partial charge in [0, 0.05) is 12.6 Å². The molecular formula is C16H21NO6S. The molecule has 0 bridgehead atoms. The Kier molecular flexibility index (Phi) is 4.44. The van der Waals surface area contributed by atoms with Gasteiger partial charge in [-0.2, -0.15) is 4.31 Å². The van der Waals surface area contributed by atoms with Gasteiger partial charge in [0.25, 0.3) is 0 Å². The van der Waals surface area contributed by atoms with E-state index in [4.69, 9.17) is 14.2 Å². The fourth-order valence-corrected chi connectivity index (χ4v) is 5.48. The monoisotopic (exact) mass is 355 g/mol. The van der Waals surface area contributed by atoms with Crippen LogP contribution in [0, 0.1) is 0 Å². The number of hydrogen-bond donors (Lipinski definition) is 0. The Bertz CT molecular complexity index is 739. The molecule has 1 aromatic rings. The van der Waals surface area contributed by atoms with E-state index < -0.39 is 21.5 Å². The average molecular weight is 355 g/mol. The van der Waals surface area contributed by atoms with E-state index in [-0.39, 0.29) is 23.8 Å². The van der Waals surface area contributed by atoms with Crippen molar-refractivity contribution in [3.8, 4) is 11.5 Å². The Labute approximate surface area is 141 Å². The molecule has 24 heavy (non-hydrogen) atoms. The minimum absolute atomic E-state index is 0.00493. The van der Waals surface area contributed by atoms with Crippen LogP contribution in [-0.4, -0.2) is 51.6 Å². The highest BCUT2D eigenvalue weighted by Crippen LogP contribution is 2.43. The quantitative estimate of drug-likeness (QED) is 0.763. The van der Waals surface area contributed by atoms with Gasteiger partial charge in [-0.1, -0.05) is 12.8 Å². The maximum absolute atomic E-state index is 13.3. The van der Waals surface area contributed by atoms with Crippen LogP contribution >= 0.6 is 0 Å². The molecule has 8 heteroatoms. The molecule has 1 saturated carbocycles. The van der Waals surface area contributed by atoms with E-state index in [1.807, 2.05) is 0 Å². The van der Waals surface area contributed by atoms with Crippen LogP contribution in [0.15, 0.2) is 23.1 Å². The Hall–Kier alpha value is -1.80. The lowest BCUT2D eigenvalue weighted by Crippen LogP contribution is -2.60. The largest absolute Gasteiger partial charge is 0.497 e. The van der Waals surface area contributed by atoms with E-state index in [1.54, 1.807) is 12.1 Å².